The molecule has 1 aromatic rings. The van der Waals surface area contributed by atoms with E-state index in [1.165, 1.54) is 4.90 Å². The van der Waals surface area contributed by atoms with E-state index < -0.39 is 21.8 Å². The summed E-state index contributed by atoms with van der Waals surface area (Å²) in [4.78, 5) is 26.3. The van der Waals surface area contributed by atoms with E-state index >= 15 is 0 Å². The number of benzene rings is 1. The Kier molecular flexibility index (Phi) is 5.71. The van der Waals surface area contributed by atoms with Crippen LogP contribution in [0.2, 0.25) is 5.02 Å². The summed E-state index contributed by atoms with van der Waals surface area (Å²) >= 11 is 12.3. The van der Waals surface area contributed by atoms with E-state index in [-0.39, 0.29) is 28.3 Å². The van der Waals surface area contributed by atoms with Gasteiger partial charge in [0, 0.05) is 11.1 Å². The molecule has 0 bridgehead atoms. The number of nitrogens with one attached hydrogen (secondary N) is 1. The van der Waals surface area contributed by atoms with Crippen molar-refractivity contribution >= 4 is 67.6 Å². The second-order valence-electron chi connectivity index (χ2n) is 5.99. The number of rotatable bonds is 4. The number of hydrogen-bond acceptors (Lipinski definition) is 6. The molecule has 138 valence electrons. The Bertz CT molecular complexity index is 914. The molecule has 1 atom stereocenters. The fourth-order valence-corrected chi connectivity index (χ4v) is 5.84. The van der Waals surface area contributed by atoms with Gasteiger partial charge in [0.1, 0.15) is 10.9 Å². The van der Waals surface area contributed by atoms with Crippen LogP contribution in [0.1, 0.15) is 12.0 Å². The van der Waals surface area contributed by atoms with Crippen molar-refractivity contribution in [3.63, 3.8) is 0 Å². The van der Waals surface area contributed by atoms with Gasteiger partial charge in [-0.15, -0.1) is 0 Å². The number of thioether (sulfide) groups is 1. The van der Waals surface area contributed by atoms with Crippen LogP contribution in [0, 0.1) is 0 Å². The number of thiocarbonyl (C=S) groups is 1. The fraction of sp³-hybridized carbons (Fsp3) is 0.312. The van der Waals surface area contributed by atoms with Crippen molar-refractivity contribution in [1.29, 1.82) is 0 Å². The Morgan fingerprint density at radius 2 is 2.23 bits per heavy atom. The molecule has 3 rings (SSSR count). The second kappa shape index (κ2) is 7.67. The summed E-state index contributed by atoms with van der Waals surface area (Å²) in [6.07, 6.45) is 2.06. The second-order valence-corrected chi connectivity index (χ2v) is 10.3. The van der Waals surface area contributed by atoms with Crippen LogP contribution in [0.15, 0.2) is 29.2 Å². The molecule has 6 nitrogen and oxygen atoms in total. The van der Waals surface area contributed by atoms with Gasteiger partial charge in [0.25, 0.3) is 5.91 Å². The van der Waals surface area contributed by atoms with Crippen molar-refractivity contribution in [3.8, 4) is 0 Å². The van der Waals surface area contributed by atoms with Gasteiger partial charge in [-0.2, -0.15) is 0 Å². The topological polar surface area (TPSA) is 83.6 Å². The van der Waals surface area contributed by atoms with Crippen LogP contribution in [0.4, 0.5) is 0 Å². The molecule has 0 spiro atoms. The molecule has 0 radical (unpaired) electrons. The van der Waals surface area contributed by atoms with Gasteiger partial charge in [0.05, 0.1) is 16.4 Å². The summed E-state index contributed by atoms with van der Waals surface area (Å²) < 4.78 is 23.2. The van der Waals surface area contributed by atoms with Gasteiger partial charge in [0.2, 0.25) is 5.91 Å². The average molecular weight is 431 g/mol. The monoisotopic (exact) mass is 430 g/mol. The number of hydrogen-bond donors (Lipinski definition) is 1. The van der Waals surface area contributed by atoms with Crippen molar-refractivity contribution in [2.45, 2.75) is 12.5 Å². The smallest absolute Gasteiger partial charge is 0.266 e. The first-order chi connectivity index (χ1) is 12.2. The molecule has 10 heteroatoms. The Hall–Kier alpha value is -1.42. The lowest BCUT2D eigenvalue weighted by molar-refractivity contribution is -0.129. The highest BCUT2D eigenvalue weighted by Crippen LogP contribution is 2.32. The van der Waals surface area contributed by atoms with Crippen molar-refractivity contribution < 1.29 is 18.0 Å². The van der Waals surface area contributed by atoms with E-state index in [4.69, 9.17) is 23.8 Å². The summed E-state index contributed by atoms with van der Waals surface area (Å²) in [5.41, 5.74) is 0.763. The van der Waals surface area contributed by atoms with Crippen LogP contribution in [-0.2, 0) is 19.4 Å². The van der Waals surface area contributed by atoms with E-state index in [0.29, 0.717) is 16.3 Å². The van der Waals surface area contributed by atoms with Crippen LogP contribution in [-0.4, -0.2) is 53.5 Å². The van der Waals surface area contributed by atoms with Gasteiger partial charge in [-0.1, -0.05) is 47.7 Å². The zero-order valence-corrected chi connectivity index (χ0v) is 16.7. The van der Waals surface area contributed by atoms with Gasteiger partial charge in [0.15, 0.2) is 9.84 Å². The fourth-order valence-electron chi connectivity index (χ4n) is 2.71. The minimum absolute atomic E-state index is 0.0637. The predicted octanol–water partition coefficient (Wildman–Crippen LogP) is 1.84. The molecular formula is C16H15ClN2O4S3. The van der Waals surface area contributed by atoms with Gasteiger partial charge in [-0.25, -0.2) is 8.42 Å². The van der Waals surface area contributed by atoms with Gasteiger partial charge in [-0.3, -0.25) is 14.5 Å². The lowest BCUT2D eigenvalue weighted by Crippen LogP contribution is -2.43. The van der Waals surface area contributed by atoms with Crippen LogP contribution >= 0.6 is 35.6 Å². The zero-order valence-electron chi connectivity index (χ0n) is 13.5. The lowest BCUT2D eigenvalue weighted by atomic mass is 10.2. The standard InChI is InChI=1S/C16H15ClN2O4S3/c17-11-3-1-2-10(6-11)7-13-15(21)19(16(24)25-13)8-14(20)18-12-4-5-26(22,23)9-12/h1-3,6-7,12H,4-5,8-9H2,(H,18,20)/b13-7-/t12-/m0/s1. The van der Waals surface area contributed by atoms with E-state index in [0.717, 1.165) is 17.3 Å². The van der Waals surface area contributed by atoms with Crippen LogP contribution < -0.4 is 5.32 Å². The highest BCUT2D eigenvalue weighted by atomic mass is 35.5. The number of carbonyl (C=O) groups is 2. The normalized spacial score (nSPS) is 23.7. The largest absolute Gasteiger partial charge is 0.351 e. The molecule has 0 unspecified atom stereocenters. The average Bonchev–Trinajstić information content (AvgIpc) is 3.01. The molecule has 1 N–H and O–H groups in total. The molecule has 0 aromatic heterocycles. The van der Waals surface area contributed by atoms with E-state index in [1.807, 2.05) is 6.07 Å². The van der Waals surface area contributed by atoms with Crippen LogP contribution in [0.3, 0.4) is 0 Å². The molecule has 0 saturated carbocycles. The first-order valence-corrected chi connectivity index (χ1v) is 11.2. The maximum absolute atomic E-state index is 12.5. The number of carbonyl (C=O) groups excluding carboxylic acids is 2. The predicted molar refractivity (Wildman–Crippen MR) is 107 cm³/mol. The van der Waals surface area contributed by atoms with E-state index in [9.17, 15) is 18.0 Å². The third-order valence-corrected chi connectivity index (χ3v) is 7.30. The highest BCUT2D eigenvalue weighted by molar-refractivity contribution is 8.26. The third kappa shape index (κ3) is 4.64. The first kappa shape index (κ1) is 19.3. The number of nitrogens with zero attached hydrogens (tertiary/aromatic N) is 1. The maximum atomic E-state index is 12.5. The molecule has 1 aromatic carbocycles. The molecule has 26 heavy (non-hydrogen) atoms. The molecule has 2 fully saturated rings. The summed E-state index contributed by atoms with van der Waals surface area (Å²) in [5, 5.41) is 3.21. The van der Waals surface area contributed by atoms with Gasteiger partial charge < -0.3 is 5.32 Å². The summed E-state index contributed by atoms with van der Waals surface area (Å²) in [6.45, 7) is -0.228. The van der Waals surface area contributed by atoms with Gasteiger partial charge in [-0.05, 0) is 30.2 Å². The third-order valence-electron chi connectivity index (χ3n) is 3.92. The van der Waals surface area contributed by atoms with Crippen molar-refractivity contribution in [2.24, 2.45) is 0 Å². The molecule has 2 amide bonds. The van der Waals surface area contributed by atoms with Crippen molar-refractivity contribution in [1.82, 2.24) is 10.2 Å². The number of amides is 2. The van der Waals surface area contributed by atoms with Gasteiger partial charge >= 0.3 is 0 Å². The molecule has 2 heterocycles. The lowest BCUT2D eigenvalue weighted by Gasteiger charge is -2.16. The van der Waals surface area contributed by atoms with Crippen molar-refractivity contribution in [2.75, 3.05) is 18.1 Å². The minimum atomic E-state index is -3.08. The molecule has 2 saturated heterocycles. The Balaban J connectivity index is 1.65. The summed E-state index contributed by atoms with van der Waals surface area (Å²) in [5.74, 6) is -0.769. The zero-order chi connectivity index (χ0) is 18.9. The molecule has 2 aliphatic heterocycles. The maximum Gasteiger partial charge on any atom is 0.266 e. The number of sulfone groups is 1. The Labute approximate surface area is 165 Å². The SMILES string of the molecule is O=C(CN1C(=O)/C(=C/c2cccc(Cl)c2)SC1=S)N[C@H]1CCS(=O)(=O)C1. The van der Waals surface area contributed by atoms with Crippen LogP contribution in [0.5, 0.6) is 0 Å². The Morgan fingerprint density at radius 3 is 2.88 bits per heavy atom. The molecule has 2 aliphatic rings. The summed E-state index contributed by atoms with van der Waals surface area (Å²) in [6, 6.07) is 6.63. The van der Waals surface area contributed by atoms with Crippen molar-refractivity contribution in [3.05, 3.63) is 39.8 Å². The van der Waals surface area contributed by atoms with Crippen LogP contribution in [0.25, 0.3) is 6.08 Å². The first-order valence-electron chi connectivity index (χ1n) is 7.74. The van der Waals surface area contributed by atoms with E-state index in [2.05, 4.69) is 5.32 Å². The summed E-state index contributed by atoms with van der Waals surface area (Å²) in [7, 11) is -3.08. The quantitative estimate of drug-likeness (QED) is 0.579. The molecular weight excluding hydrogens is 416 g/mol. The highest BCUT2D eigenvalue weighted by Gasteiger charge is 2.35. The Morgan fingerprint density at radius 1 is 1.46 bits per heavy atom. The molecule has 0 aliphatic carbocycles. The number of halogens is 1. The van der Waals surface area contributed by atoms with E-state index in [1.54, 1.807) is 24.3 Å². The minimum Gasteiger partial charge on any atom is -0.351 e.